The quantitative estimate of drug-likeness (QED) is 0.650. The summed E-state index contributed by atoms with van der Waals surface area (Å²) >= 11 is 2.85. The third-order valence-electron chi connectivity index (χ3n) is 3.29. The molecule has 1 aromatic carbocycles. The van der Waals surface area contributed by atoms with Gasteiger partial charge in [-0.15, -0.1) is 22.7 Å². The van der Waals surface area contributed by atoms with Crippen molar-refractivity contribution in [2.45, 2.75) is 13.5 Å². The minimum absolute atomic E-state index is 0.164. The fourth-order valence-corrected chi connectivity index (χ4v) is 3.55. The Bertz CT molecular complexity index is 824. The van der Waals surface area contributed by atoms with E-state index in [0.29, 0.717) is 4.88 Å². The minimum Gasteiger partial charge on any atom is -0.497 e. The van der Waals surface area contributed by atoms with E-state index in [1.807, 2.05) is 48.0 Å². The van der Waals surface area contributed by atoms with Crippen molar-refractivity contribution in [3.8, 4) is 5.75 Å². The second-order valence-electron chi connectivity index (χ2n) is 5.01. The maximum atomic E-state index is 12.0. The molecule has 0 saturated carbocycles. The molecule has 5 nitrogen and oxygen atoms in total. The van der Waals surface area contributed by atoms with Crippen LogP contribution in [0.15, 0.2) is 41.1 Å². The molecule has 2 heterocycles. The number of methoxy groups -OCH3 is 1. The van der Waals surface area contributed by atoms with E-state index >= 15 is 0 Å². The van der Waals surface area contributed by atoms with Gasteiger partial charge in [0.1, 0.15) is 17.2 Å². The van der Waals surface area contributed by atoms with Crippen LogP contribution in [0.1, 0.15) is 20.9 Å². The van der Waals surface area contributed by atoms with Crippen molar-refractivity contribution in [3.63, 3.8) is 0 Å². The maximum absolute atomic E-state index is 12.0. The zero-order valence-electron chi connectivity index (χ0n) is 13.2. The summed E-state index contributed by atoms with van der Waals surface area (Å²) in [6.07, 6.45) is 0. The molecule has 7 heteroatoms. The average molecular weight is 360 g/mol. The molecule has 0 saturated heterocycles. The van der Waals surface area contributed by atoms with Crippen molar-refractivity contribution in [2.24, 2.45) is 0 Å². The maximum Gasteiger partial charge on any atom is 0.348 e. The molecule has 0 aliphatic carbocycles. The van der Waals surface area contributed by atoms with Crippen molar-refractivity contribution in [2.75, 3.05) is 12.4 Å². The van der Waals surface area contributed by atoms with Crippen molar-refractivity contribution >= 4 is 39.5 Å². The van der Waals surface area contributed by atoms with Gasteiger partial charge in [0.2, 0.25) is 0 Å². The lowest BCUT2D eigenvalue weighted by molar-refractivity contribution is 0.0473. The predicted molar refractivity (Wildman–Crippen MR) is 96.6 cm³/mol. The van der Waals surface area contributed by atoms with E-state index in [9.17, 15) is 4.79 Å². The second kappa shape index (κ2) is 7.46. The van der Waals surface area contributed by atoms with E-state index < -0.39 is 0 Å². The third kappa shape index (κ3) is 3.93. The average Bonchev–Trinajstić information content (AvgIpc) is 3.22. The Labute approximate surface area is 147 Å². The molecule has 0 atom stereocenters. The summed E-state index contributed by atoms with van der Waals surface area (Å²) in [5.41, 5.74) is 2.58. The van der Waals surface area contributed by atoms with Crippen LogP contribution in [0.5, 0.6) is 5.75 Å². The SMILES string of the molecule is COc1ccc(Nc2nc(COC(=O)c3sccc3C)cs2)cc1. The van der Waals surface area contributed by atoms with Crippen molar-refractivity contribution in [3.05, 3.63) is 57.2 Å². The summed E-state index contributed by atoms with van der Waals surface area (Å²) in [4.78, 5) is 17.1. The summed E-state index contributed by atoms with van der Waals surface area (Å²) in [5, 5.41) is 7.72. The number of anilines is 2. The predicted octanol–water partition coefficient (Wildman–Crippen LogP) is 4.62. The molecule has 124 valence electrons. The highest BCUT2D eigenvalue weighted by Gasteiger charge is 2.13. The second-order valence-corrected chi connectivity index (χ2v) is 6.78. The Morgan fingerprint density at radius 1 is 1.21 bits per heavy atom. The Morgan fingerprint density at radius 3 is 2.67 bits per heavy atom. The molecule has 24 heavy (non-hydrogen) atoms. The molecule has 2 aromatic heterocycles. The number of esters is 1. The standard InChI is InChI=1S/C17H16N2O3S2/c1-11-7-8-23-15(11)16(20)22-9-13-10-24-17(19-13)18-12-3-5-14(21-2)6-4-12/h3-8,10H,9H2,1-2H3,(H,18,19). The third-order valence-corrected chi connectivity index (χ3v) is 5.09. The van der Waals surface area contributed by atoms with Crippen LogP contribution in [-0.4, -0.2) is 18.1 Å². The lowest BCUT2D eigenvalue weighted by Gasteiger charge is -2.04. The molecule has 0 aliphatic heterocycles. The molecular formula is C17H16N2O3S2. The van der Waals surface area contributed by atoms with Crippen LogP contribution in [0.4, 0.5) is 10.8 Å². The van der Waals surface area contributed by atoms with Crippen LogP contribution in [0.2, 0.25) is 0 Å². The van der Waals surface area contributed by atoms with Gasteiger partial charge in [0.25, 0.3) is 0 Å². The number of thiazole rings is 1. The fourth-order valence-electron chi connectivity index (χ4n) is 2.02. The van der Waals surface area contributed by atoms with Crippen LogP contribution in [0.3, 0.4) is 0 Å². The van der Waals surface area contributed by atoms with Crippen molar-refractivity contribution in [1.29, 1.82) is 0 Å². The summed E-state index contributed by atoms with van der Waals surface area (Å²) in [6, 6.07) is 9.49. The van der Waals surface area contributed by atoms with E-state index in [1.54, 1.807) is 7.11 Å². The molecule has 0 amide bonds. The number of thiophene rings is 1. The molecular weight excluding hydrogens is 344 g/mol. The zero-order valence-corrected chi connectivity index (χ0v) is 14.9. The minimum atomic E-state index is -0.305. The first-order chi connectivity index (χ1) is 11.7. The van der Waals surface area contributed by atoms with Crippen LogP contribution in [-0.2, 0) is 11.3 Å². The van der Waals surface area contributed by atoms with Crippen LogP contribution < -0.4 is 10.1 Å². The first-order valence-corrected chi connectivity index (χ1v) is 8.98. The van der Waals surface area contributed by atoms with Crippen LogP contribution >= 0.6 is 22.7 Å². The molecule has 1 N–H and O–H groups in total. The monoisotopic (exact) mass is 360 g/mol. The lowest BCUT2D eigenvalue weighted by Crippen LogP contribution is -2.04. The van der Waals surface area contributed by atoms with Gasteiger partial charge < -0.3 is 14.8 Å². The van der Waals surface area contributed by atoms with Gasteiger partial charge in [0.15, 0.2) is 5.13 Å². The van der Waals surface area contributed by atoms with Gasteiger partial charge in [-0.05, 0) is 48.2 Å². The number of carbonyl (C=O) groups excluding carboxylic acids is 1. The number of ether oxygens (including phenoxy) is 2. The summed E-state index contributed by atoms with van der Waals surface area (Å²) in [7, 11) is 1.63. The summed E-state index contributed by atoms with van der Waals surface area (Å²) in [6.45, 7) is 2.06. The molecule has 3 aromatic rings. The van der Waals surface area contributed by atoms with Crippen molar-refractivity contribution in [1.82, 2.24) is 4.98 Å². The van der Waals surface area contributed by atoms with Gasteiger partial charge in [0, 0.05) is 11.1 Å². The highest BCUT2D eigenvalue weighted by atomic mass is 32.1. The van der Waals surface area contributed by atoms with Gasteiger partial charge in [-0.25, -0.2) is 9.78 Å². The number of carbonyl (C=O) groups is 1. The van der Waals surface area contributed by atoms with E-state index in [2.05, 4.69) is 10.3 Å². The highest BCUT2D eigenvalue weighted by molar-refractivity contribution is 7.13. The number of aromatic nitrogens is 1. The molecule has 0 aliphatic rings. The topological polar surface area (TPSA) is 60.4 Å². The van der Waals surface area contributed by atoms with Gasteiger partial charge in [-0.1, -0.05) is 0 Å². The fraction of sp³-hybridized carbons (Fsp3) is 0.176. The molecule has 0 spiro atoms. The van der Waals surface area contributed by atoms with Gasteiger partial charge in [0.05, 0.1) is 12.8 Å². The summed E-state index contributed by atoms with van der Waals surface area (Å²) in [5.74, 6) is 0.497. The molecule has 0 radical (unpaired) electrons. The molecule has 0 unspecified atom stereocenters. The Hall–Kier alpha value is -2.38. The molecule has 0 fully saturated rings. The number of rotatable bonds is 6. The van der Waals surface area contributed by atoms with E-state index in [0.717, 1.165) is 27.8 Å². The van der Waals surface area contributed by atoms with Crippen LogP contribution in [0.25, 0.3) is 0 Å². The normalized spacial score (nSPS) is 10.4. The molecule has 0 bridgehead atoms. The Morgan fingerprint density at radius 2 is 2.00 bits per heavy atom. The first kappa shape index (κ1) is 16.5. The highest BCUT2D eigenvalue weighted by Crippen LogP contribution is 2.23. The van der Waals surface area contributed by atoms with Crippen molar-refractivity contribution < 1.29 is 14.3 Å². The first-order valence-electron chi connectivity index (χ1n) is 7.22. The van der Waals surface area contributed by atoms with E-state index in [-0.39, 0.29) is 12.6 Å². The number of aryl methyl sites for hydroxylation is 1. The Balaban J connectivity index is 1.57. The van der Waals surface area contributed by atoms with Crippen LogP contribution in [0, 0.1) is 6.92 Å². The van der Waals surface area contributed by atoms with Gasteiger partial charge >= 0.3 is 5.97 Å². The van der Waals surface area contributed by atoms with E-state index in [4.69, 9.17) is 9.47 Å². The van der Waals surface area contributed by atoms with Gasteiger partial charge in [-0.3, -0.25) is 0 Å². The summed E-state index contributed by atoms with van der Waals surface area (Å²) < 4.78 is 10.4. The van der Waals surface area contributed by atoms with Gasteiger partial charge in [-0.2, -0.15) is 0 Å². The lowest BCUT2D eigenvalue weighted by atomic mass is 10.3. The number of nitrogens with zero attached hydrogens (tertiary/aromatic N) is 1. The number of hydrogen-bond donors (Lipinski definition) is 1. The zero-order chi connectivity index (χ0) is 16.9. The number of hydrogen-bond acceptors (Lipinski definition) is 7. The smallest absolute Gasteiger partial charge is 0.348 e. The number of benzene rings is 1. The molecule has 3 rings (SSSR count). The largest absolute Gasteiger partial charge is 0.497 e. The Kier molecular flexibility index (Phi) is 5.12. The van der Waals surface area contributed by atoms with E-state index in [1.165, 1.54) is 22.7 Å². The number of nitrogens with one attached hydrogen (secondary N) is 1.